The standard InChI is InChI=1S/C16H28N4O/c1-3-4-7-15-19-13(2)11-16(20-15)18-9-8-17-14-6-5-10-21-12-14/h11,14,17H,3-10,12H2,1-2H3,(H,18,19,20)/t14-/m1/s1. The Hall–Kier alpha value is -1.20. The monoisotopic (exact) mass is 292 g/mol. The first kappa shape index (κ1) is 16.2. The molecule has 21 heavy (non-hydrogen) atoms. The molecular formula is C16H28N4O. The summed E-state index contributed by atoms with van der Waals surface area (Å²) >= 11 is 0. The van der Waals surface area contributed by atoms with E-state index in [1.54, 1.807) is 0 Å². The van der Waals surface area contributed by atoms with E-state index in [-0.39, 0.29) is 0 Å². The Bertz CT molecular complexity index is 419. The summed E-state index contributed by atoms with van der Waals surface area (Å²) in [5.41, 5.74) is 1.03. The third-order valence-corrected chi connectivity index (χ3v) is 3.68. The second kappa shape index (κ2) is 8.95. The van der Waals surface area contributed by atoms with E-state index in [1.807, 2.05) is 13.0 Å². The Morgan fingerprint density at radius 1 is 1.33 bits per heavy atom. The van der Waals surface area contributed by atoms with Crippen molar-refractivity contribution in [3.63, 3.8) is 0 Å². The van der Waals surface area contributed by atoms with Crippen LogP contribution in [0.15, 0.2) is 6.07 Å². The van der Waals surface area contributed by atoms with Crippen LogP contribution in [0, 0.1) is 6.92 Å². The van der Waals surface area contributed by atoms with Crippen molar-refractivity contribution < 1.29 is 4.74 Å². The first-order valence-corrected chi connectivity index (χ1v) is 8.17. The summed E-state index contributed by atoms with van der Waals surface area (Å²) in [6.07, 6.45) is 5.66. The molecule has 1 aliphatic rings. The molecule has 5 nitrogen and oxygen atoms in total. The molecule has 0 aliphatic carbocycles. The minimum atomic E-state index is 0.507. The van der Waals surface area contributed by atoms with E-state index < -0.39 is 0 Å². The van der Waals surface area contributed by atoms with E-state index in [1.165, 1.54) is 12.8 Å². The number of unbranched alkanes of at least 4 members (excludes halogenated alkanes) is 1. The molecule has 0 amide bonds. The maximum absolute atomic E-state index is 5.46. The van der Waals surface area contributed by atoms with Crippen molar-refractivity contribution in [2.45, 2.75) is 52.0 Å². The summed E-state index contributed by atoms with van der Waals surface area (Å²) < 4.78 is 5.46. The Balaban J connectivity index is 1.72. The molecule has 1 aromatic rings. The van der Waals surface area contributed by atoms with E-state index in [4.69, 9.17) is 4.74 Å². The van der Waals surface area contributed by atoms with Gasteiger partial charge in [0.1, 0.15) is 11.6 Å². The van der Waals surface area contributed by atoms with E-state index in [2.05, 4.69) is 27.5 Å². The number of nitrogens with zero attached hydrogens (tertiary/aromatic N) is 2. The summed E-state index contributed by atoms with van der Waals surface area (Å²) in [7, 11) is 0. The molecule has 0 radical (unpaired) electrons. The van der Waals surface area contributed by atoms with E-state index >= 15 is 0 Å². The first-order chi connectivity index (χ1) is 10.3. The lowest BCUT2D eigenvalue weighted by molar-refractivity contribution is 0.0710. The number of aromatic nitrogens is 2. The lowest BCUT2D eigenvalue weighted by Gasteiger charge is -2.23. The van der Waals surface area contributed by atoms with Gasteiger partial charge in [-0.05, 0) is 26.2 Å². The fraction of sp³-hybridized carbons (Fsp3) is 0.750. The van der Waals surface area contributed by atoms with Gasteiger partial charge in [-0.15, -0.1) is 0 Å². The predicted molar refractivity (Wildman–Crippen MR) is 85.7 cm³/mol. The Labute approximate surface area is 127 Å². The van der Waals surface area contributed by atoms with Crippen molar-refractivity contribution in [2.75, 3.05) is 31.6 Å². The smallest absolute Gasteiger partial charge is 0.130 e. The average molecular weight is 292 g/mol. The minimum absolute atomic E-state index is 0.507. The van der Waals surface area contributed by atoms with Gasteiger partial charge in [0.25, 0.3) is 0 Å². The van der Waals surface area contributed by atoms with Crippen LogP contribution in [0.2, 0.25) is 0 Å². The molecule has 118 valence electrons. The maximum Gasteiger partial charge on any atom is 0.130 e. The Morgan fingerprint density at radius 3 is 3.00 bits per heavy atom. The molecule has 1 aliphatic heterocycles. The van der Waals surface area contributed by atoms with Crippen LogP contribution in [0.3, 0.4) is 0 Å². The Morgan fingerprint density at radius 2 is 2.24 bits per heavy atom. The second-order valence-electron chi connectivity index (χ2n) is 5.71. The van der Waals surface area contributed by atoms with Gasteiger partial charge in [-0.3, -0.25) is 0 Å². The van der Waals surface area contributed by atoms with Crippen molar-refractivity contribution in [3.05, 3.63) is 17.6 Å². The van der Waals surface area contributed by atoms with Gasteiger partial charge in [0.2, 0.25) is 0 Å². The average Bonchev–Trinajstić information content (AvgIpc) is 2.50. The number of nitrogens with one attached hydrogen (secondary N) is 2. The number of hydrogen-bond donors (Lipinski definition) is 2. The summed E-state index contributed by atoms with van der Waals surface area (Å²) in [5, 5.41) is 6.91. The highest BCUT2D eigenvalue weighted by atomic mass is 16.5. The van der Waals surface area contributed by atoms with Crippen molar-refractivity contribution in [1.82, 2.24) is 15.3 Å². The van der Waals surface area contributed by atoms with Crippen LogP contribution in [-0.4, -0.2) is 42.3 Å². The van der Waals surface area contributed by atoms with Crippen LogP contribution in [0.25, 0.3) is 0 Å². The van der Waals surface area contributed by atoms with Gasteiger partial charge in [-0.1, -0.05) is 13.3 Å². The van der Waals surface area contributed by atoms with Gasteiger partial charge >= 0.3 is 0 Å². The molecule has 0 bridgehead atoms. The van der Waals surface area contributed by atoms with Gasteiger partial charge in [-0.2, -0.15) is 0 Å². The van der Waals surface area contributed by atoms with Crippen molar-refractivity contribution in [2.24, 2.45) is 0 Å². The van der Waals surface area contributed by atoms with E-state index in [0.29, 0.717) is 6.04 Å². The lowest BCUT2D eigenvalue weighted by Crippen LogP contribution is -2.39. The first-order valence-electron chi connectivity index (χ1n) is 8.17. The predicted octanol–water partition coefficient (Wildman–Crippen LogP) is 2.31. The normalized spacial score (nSPS) is 18.7. The zero-order chi connectivity index (χ0) is 14.9. The van der Waals surface area contributed by atoms with Crippen LogP contribution in [-0.2, 0) is 11.2 Å². The highest BCUT2D eigenvalue weighted by Crippen LogP contribution is 2.08. The van der Waals surface area contributed by atoms with Crippen LogP contribution in [0.5, 0.6) is 0 Å². The number of ether oxygens (including phenoxy) is 1. The van der Waals surface area contributed by atoms with Crippen LogP contribution >= 0.6 is 0 Å². The van der Waals surface area contributed by atoms with Crippen LogP contribution in [0.4, 0.5) is 5.82 Å². The van der Waals surface area contributed by atoms with Crippen molar-refractivity contribution in [1.29, 1.82) is 0 Å². The van der Waals surface area contributed by atoms with Gasteiger partial charge < -0.3 is 15.4 Å². The molecule has 1 aromatic heterocycles. The summed E-state index contributed by atoms with van der Waals surface area (Å²) in [6.45, 7) is 7.78. The molecule has 0 spiro atoms. The zero-order valence-electron chi connectivity index (χ0n) is 13.3. The summed E-state index contributed by atoms with van der Waals surface area (Å²) in [4.78, 5) is 9.07. The fourth-order valence-electron chi connectivity index (χ4n) is 2.54. The van der Waals surface area contributed by atoms with Gasteiger partial charge in [0.05, 0.1) is 6.61 Å². The third-order valence-electron chi connectivity index (χ3n) is 3.68. The maximum atomic E-state index is 5.46. The van der Waals surface area contributed by atoms with E-state index in [9.17, 15) is 0 Å². The summed E-state index contributed by atoms with van der Waals surface area (Å²) in [5.74, 6) is 1.89. The van der Waals surface area contributed by atoms with Crippen molar-refractivity contribution >= 4 is 5.82 Å². The van der Waals surface area contributed by atoms with Gasteiger partial charge in [0, 0.05) is 43.9 Å². The molecule has 2 rings (SSSR count). The van der Waals surface area contributed by atoms with Gasteiger partial charge in [0.15, 0.2) is 0 Å². The molecule has 0 saturated carbocycles. The highest BCUT2D eigenvalue weighted by Gasteiger charge is 2.12. The van der Waals surface area contributed by atoms with E-state index in [0.717, 1.165) is 62.9 Å². The number of aryl methyl sites for hydroxylation is 2. The quantitative estimate of drug-likeness (QED) is 0.720. The molecule has 2 heterocycles. The molecule has 5 heteroatoms. The largest absolute Gasteiger partial charge is 0.380 e. The number of anilines is 1. The molecule has 0 aromatic carbocycles. The highest BCUT2D eigenvalue weighted by molar-refractivity contribution is 5.35. The molecule has 1 saturated heterocycles. The SMILES string of the molecule is CCCCc1nc(C)cc(NCCN[C@@H]2CCCOC2)n1. The zero-order valence-corrected chi connectivity index (χ0v) is 13.3. The second-order valence-corrected chi connectivity index (χ2v) is 5.71. The van der Waals surface area contributed by atoms with Crippen molar-refractivity contribution in [3.8, 4) is 0 Å². The molecule has 0 unspecified atom stereocenters. The minimum Gasteiger partial charge on any atom is -0.380 e. The third kappa shape index (κ3) is 5.98. The topological polar surface area (TPSA) is 59.1 Å². The lowest BCUT2D eigenvalue weighted by atomic mass is 10.1. The van der Waals surface area contributed by atoms with Gasteiger partial charge in [-0.25, -0.2) is 9.97 Å². The number of rotatable bonds is 8. The number of hydrogen-bond acceptors (Lipinski definition) is 5. The summed E-state index contributed by atoms with van der Waals surface area (Å²) in [6, 6.07) is 2.52. The molecule has 2 N–H and O–H groups in total. The Kier molecular flexibility index (Phi) is 6.89. The van der Waals surface area contributed by atoms with Crippen LogP contribution < -0.4 is 10.6 Å². The molecule has 1 atom stereocenters. The van der Waals surface area contributed by atoms with Crippen LogP contribution in [0.1, 0.15) is 44.1 Å². The molecule has 1 fully saturated rings. The fourth-order valence-corrected chi connectivity index (χ4v) is 2.54. The molecular weight excluding hydrogens is 264 g/mol.